The molecule has 0 saturated heterocycles. The Kier molecular flexibility index (Phi) is 5.25. The summed E-state index contributed by atoms with van der Waals surface area (Å²) >= 11 is 0. The topological polar surface area (TPSA) is 38.4 Å². The van der Waals surface area contributed by atoms with Gasteiger partial charge in [-0.1, -0.05) is 60.2 Å². The Morgan fingerprint density at radius 3 is 2.37 bits per heavy atom. The van der Waals surface area contributed by atoms with Gasteiger partial charge in [0.05, 0.1) is 5.69 Å². The molecule has 1 N–H and O–H groups in total. The molecule has 0 bridgehead atoms. The van der Waals surface area contributed by atoms with Gasteiger partial charge < -0.3 is 9.88 Å². The summed E-state index contributed by atoms with van der Waals surface area (Å²) in [6, 6.07) is 24.6. The number of aromatic nitrogens is 2. The van der Waals surface area contributed by atoms with Gasteiger partial charge in [-0.25, -0.2) is 4.39 Å². The average Bonchev–Trinajstić information content (AvgIpc) is 3.29. The lowest BCUT2D eigenvalue weighted by Crippen LogP contribution is -2.15. The SMILES string of the molecule is Cc1ccc(NC(=O)c2c(-c3ccc(F)cc3)c3c4n(c(-c5ccccc5)cn24)CCCC3)cc1. The van der Waals surface area contributed by atoms with Gasteiger partial charge in [0.1, 0.15) is 17.2 Å². The molecule has 5 aromatic rings. The van der Waals surface area contributed by atoms with E-state index in [1.54, 1.807) is 12.1 Å². The van der Waals surface area contributed by atoms with E-state index in [1.165, 1.54) is 12.1 Å². The molecule has 0 saturated carbocycles. The Labute approximate surface area is 203 Å². The molecule has 0 aliphatic carbocycles. The fourth-order valence-electron chi connectivity index (χ4n) is 5.20. The van der Waals surface area contributed by atoms with Crippen LogP contribution in [0, 0.1) is 12.7 Å². The molecule has 3 heterocycles. The quantitative estimate of drug-likeness (QED) is 0.303. The van der Waals surface area contributed by atoms with Gasteiger partial charge in [0.2, 0.25) is 0 Å². The van der Waals surface area contributed by atoms with Crippen LogP contribution in [0.4, 0.5) is 10.1 Å². The van der Waals surface area contributed by atoms with Crippen molar-refractivity contribution in [3.8, 4) is 22.4 Å². The molecular weight excluding hydrogens is 437 g/mol. The van der Waals surface area contributed by atoms with Crippen LogP contribution in [0.3, 0.4) is 0 Å². The molecule has 0 unspecified atom stereocenters. The van der Waals surface area contributed by atoms with E-state index in [4.69, 9.17) is 0 Å². The lowest BCUT2D eigenvalue weighted by Gasteiger charge is -2.10. The number of imidazole rings is 1. The van der Waals surface area contributed by atoms with Crippen LogP contribution in [0.25, 0.3) is 28.0 Å². The molecule has 0 atom stereocenters. The molecule has 4 nitrogen and oxygen atoms in total. The number of benzene rings is 3. The van der Waals surface area contributed by atoms with Gasteiger partial charge in [-0.3, -0.25) is 9.20 Å². The van der Waals surface area contributed by atoms with Crippen LogP contribution in [0.15, 0.2) is 85.1 Å². The molecule has 2 aromatic heterocycles. The van der Waals surface area contributed by atoms with Crippen molar-refractivity contribution < 1.29 is 9.18 Å². The van der Waals surface area contributed by atoms with E-state index in [0.29, 0.717) is 5.69 Å². The maximum absolute atomic E-state index is 13.9. The number of carbonyl (C=O) groups excluding carboxylic acids is 1. The minimum atomic E-state index is -0.287. The van der Waals surface area contributed by atoms with Gasteiger partial charge in [-0.2, -0.15) is 0 Å². The first-order valence-electron chi connectivity index (χ1n) is 12.1. The Bertz CT molecular complexity index is 1530. The number of anilines is 1. The number of hydrogen-bond acceptors (Lipinski definition) is 1. The number of aryl methyl sites for hydroxylation is 3. The Balaban J connectivity index is 1.60. The molecule has 6 rings (SSSR count). The van der Waals surface area contributed by atoms with Gasteiger partial charge in [-0.15, -0.1) is 0 Å². The standard InChI is InChI=1S/C30H26FN3O/c1-20-10-16-24(17-11-20)32-29(35)28-27(22-12-14-23(31)15-13-22)25-9-5-6-18-33-26(19-34(28)30(25)33)21-7-3-2-4-8-21/h2-4,7-8,10-17,19H,5-6,9,18H2,1H3,(H,32,35). The maximum Gasteiger partial charge on any atom is 0.273 e. The normalized spacial score (nSPS) is 13.1. The monoisotopic (exact) mass is 463 g/mol. The lowest BCUT2D eigenvalue weighted by atomic mass is 9.97. The molecule has 5 heteroatoms. The van der Waals surface area contributed by atoms with Crippen molar-refractivity contribution >= 4 is 17.2 Å². The minimum Gasteiger partial charge on any atom is -0.325 e. The van der Waals surface area contributed by atoms with E-state index >= 15 is 0 Å². The number of rotatable bonds is 4. The van der Waals surface area contributed by atoms with Gasteiger partial charge in [0.15, 0.2) is 0 Å². The van der Waals surface area contributed by atoms with E-state index in [0.717, 1.165) is 70.7 Å². The molecule has 174 valence electrons. The second kappa shape index (κ2) is 8.58. The van der Waals surface area contributed by atoms with Crippen molar-refractivity contribution in [2.24, 2.45) is 0 Å². The zero-order valence-corrected chi connectivity index (χ0v) is 19.6. The lowest BCUT2D eigenvalue weighted by molar-refractivity contribution is 0.102. The average molecular weight is 464 g/mol. The van der Waals surface area contributed by atoms with Crippen LogP contribution >= 0.6 is 0 Å². The van der Waals surface area contributed by atoms with Crippen LogP contribution in [0.2, 0.25) is 0 Å². The highest BCUT2D eigenvalue weighted by Gasteiger charge is 2.29. The van der Waals surface area contributed by atoms with Gasteiger partial charge in [0, 0.05) is 29.6 Å². The molecule has 0 radical (unpaired) electrons. The van der Waals surface area contributed by atoms with E-state index in [-0.39, 0.29) is 11.7 Å². The number of amides is 1. The summed E-state index contributed by atoms with van der Waals surface area (Å²) in [5.74, 6) is -0.461. The Morgan fingerprint density at radius 2 is 1.63 bits per heavy atom. The van der Waals surface area contributed by atoms with Crippen molar-refractivity contribution in [1.82, 2.24) is 8.97 Å². The number of carbonyl (C=O) groups is 1. The third-order valence-corrected chi connectivity index (χ3v) is 6.86. The minimum absolute atomic E-state index is 0.174. The van der Waals surface area contributed by atoms with Crippen LogP contribution < -0.4 is 5.32 Å². The van der Waals surface area contributed by atoms with E-state index in [2.05, 4.69) is 28.2 Å². The van der Waals surface area contributed by atoms with Gasteiger partial charge in [0.25, 0.3) is 5.91 Å². The smallest absolute Gasteiger partial charge is 0.273 e. The zero-order valence-electron chi connectivity index (χ0n) is 19.6. The fraction of sp³-hybridized carbons (Fsp3) is 0.167. The van der Waals surface area contributed by atoms with Crippen molar-refractivity contribution in [3.05, 3.63) is 108 Å². The number of nitrogens with one attached hydrogen (secondary N) is 1. The molecular formula is C30H26FN3O. The predicted octanol–water partition coefficient (Wildman–Crippen LogP) is 7.11. The molecule has 1 aliphatic heterocycles. The molecule has 0 fully saturated rings. The highest BCUT2D eigenvalue weighted by Crippen LogP contribution is 2.39. The van der Waals surface area contributed by atoms with Crippen LogP contribution in [-0.2, 0) is 13.0 Å². The van der Waals surface area contributed by atoms with E-state index in [1.807, 2.05) is 53.8 Å². The predicted molar refractivity (Wildman–Crippen MR) is 138 cm³/mol. The fourth-order valence-corrected chi connectivity index (χ4v) is 5.20. The summed E-state index contributed by atoms with van der Waals surface area (Å²) < 4.78 is 18.2. The Hall–Kier alpha value is -4.12. The number of halogens is 1. The third-order valence-electron chi connectivity index (χ3n) is 6.86. The van der Waals surface area contributed by atoms with E-state index < -0.39 is 0 Å². The summed E-state index contributed by atoms with van der Waals surface area (Å²) in [6.07, 6.45) is 5.04. The zero-order chi connectivity index (χ0) is 23.9. The first kappa shape index (κ1) is 21.4. The number of hydrogen-bond donors (Lipinski definition) is 1. The van der Waals surface area contributed by atoms with Crippen molar-refractivity contribution in [3.63, 3.8) is 0 Å². The molecule has 3 aromatic carbocycles. The van der Waals surface area contributed by atoms with Gasteiger partial charge in [-0.05, 0) is 61.6 Å². The summed E-state index contributed by atoms with van der Waals surface area (Å²) in [5.41, 5.74) is 8.62. The second-order valence-electron chi connectivity index (χ2n) is 9.21. The summed E-state index contributed by atoms with van der Waals surface area (Å²) in [5, 5.41) is 3.10. The van der Waals surface area contributed by atoms with Crippen LogP contribution in [0.1, 0.15) is 34.5 Å². The first-order chi connectivity index (χ1) is 17.1. The Morgan fingerprint density at radius 1 is 0.886 bits per heavy atom. The third kappa shape index (κ3) is 3.73. The summed E-state index contributed by atoms with van der Waals surface area (Å²) in [4.78, 5) is 13.9. The van der Waals surface area contributed by atoms with Crippen LogP contribution in [0.5, 0.6) is 0 Å². The summed E-state index contributed by atoms with van der Waals surface area (Å²) in [6.45, 7) is 2.91. The molecule has 1 amide bonds. The summed E-state index contributed by atoms with van der Waals surface area (Å²) in [7, 11) is 0. The van der Waals surface area contributed by atoms with Crippen LogP contribution in [-0.4, -0.2) is 14.9 Å². The first-order valence-corrected chi connectivity index (χ1v) is 12.1. The largest absolute Gasteiger partial charge is 0.325 e. The van der Waals surface area contributed by atoms with Crippen molar-refractivity contribution in [2.45, 2.75) is 32.7 Å². The highest BCUT2D eigenvalue weighted by atomic mass is 19.1. The molecule has 1 aliphatic rings. The highest BCUT2D eigenvalue weighted by molar-refractivity contribution is 6.10. The van der Waals surface area contributed by atoms with E-state index in [9.17, 15) is 9.18 Å². The second-order valence-corrected chi connectivity index (χ2v) is 9.21. The number of nitrogens with zero attached hydrogens (tertiary/aromatic N) is 2. The maximum atomic E-state index is 13.9. The molecule has 0 spiro atoms. The van der Waals surface area contributed by atoms with Crippen molar-refractivity contribution in [1.29, 1.82) is 0 Å². The van der Waals surface area contributed by atoms with Gasteiger partial charge >= 0.3 is 0 Å². The molecule has 35 heavy (non-hydrogen) atoms. The van der Waals surface area contributed by atoms with Crippen molar-refractivity contribution in [2.75, 3.05) is 5.32 Å².